The number of amides is 2. The number of carbonyl (C=O) groups is 2. The van der Waals surface area contributed by atoms with Gasteiger partial charge in [-0.15, -0.1) is 0 Å². The highest BCUT2D eigenvalue weighted by molar-refractivity contribution is 6.35. The lowest BCUT2D eigenvalue weighted by atomic mass is 10.0. The van der Waals surface area contributed by atoms with Crippen LogP contribution in [0.1, 0.15) is 57.9 Å². The highest BCUT2D eigenvalue weighted by Crippen LogP contribution is 2.32. The molecule has 0 bridgehead atoms. The zero-order valence-corrected chi connectivity index (χ0v) is 17.9. The van der Waals surface area contributed by atoms with Gasteiger partial charge in [0, 0.05) is 20.1 Å². The minimum atomic E-state index is -0.275. The van der Waals surface area contributed by atoms with Crippen LogP contribution < -0.4 is 4.74 Å². The van der Waals surface area contributed by atoms with E-state index in [1.165, 1.54) is 24.2 Å². The van der Waals surface area contributed by atoms with Crippen molar-refractivity contribution in [2.75, 3.05) is 33.4 Å². The van der Waals surface area contributed by atoms with E-state index in [2.05, 4.69) is 6.92 Å². The fourth-order valence-electron chi connectivity index (χ4n) is 3.58. The van der Waals surface area contributed by atoms with Crippen molar-refractivity contribution in [3.63, 3.8) is 0 Å². The van der Waals surface area contributed by atoms with Gasteiger partial charge in [-0.25, -0.2) is 0 Å². The molecule has 0 radical (unpaired) electrons. The Kier molecular flexibility index (Phi) is 9.19. The second kappa shape index (κ2) is 11.6. The van der Waals surface area contributed by atoms with Gasteiger partial charge in [-0.1, -0.05) is 51.2 Å². The van der Waals surface area contributed by atoms with E-state index < -0.39 is 0 Å². The minimum absolute atomic E-state index is 0.0878. The lowest BCUT2D eigenvalue weighted by Gasteiger charge is -2.20. The number of hydrogen-bond donors (Lipinski definition) is 1. The fourth-order valence-corrected chi connectivity index (χ4v) is 3.58. The van der Waals surface area contributed by atoms with E-state index >= 15 is 0 Å². The molecule has 2 amide bonds. The highest BCUT2D eigenvalue weighted by atomic mass is 16.5. The number of likely N-dealkylation sites (N-methyl/N-ethyl adjacent to an activating group) is 1. The van der Waals surface area contributed by atoms with E-state index in [-0.39, 0.29) is 18.4 Å². The van der Waals surface area contributed by atoms with Gasteiger partial charge in [-0.2, -0.15) is 0 Å². The maximum atomic E-state index is 13.1. The summed E-state index contributed by atoms with van der Waals surface area (Å²) in [5, 5.41) is 9.32. The molecule has 0 saturated heterocycles. The van der Waals surface area contributed by atoms with E-state index in [0.717, 1.165) is 25.0 Å². The van der Waals surface area contributed by atoms with Crippen LogP contribution in [-0.4, -0.2) is 60.1 Å². The SMILES string of the molecule is CCCCCCCCN1C(=O)C(c2ccc(OCC)cc2)=C(N(C)CCO)C1=O. The third-order valence-electron chi connectivity index (χ3n) is 5.15. The van der Waals surface area contributed by atoms with Gasteiger partial charge >= 0.3 is 0 Å². The molecular weight excluding hydrogens is 368 g/mol. The van der Waals surface area contributed by atoms with E-state index in [1.807, 2.05) is 31.2 Å². The Morgan fingerprint density at radius 2 is 1.62 bits per heavy atom. The monoisotopic (exact) mass is 402 g/mol. The summed E-state index contributed by atoms with van der Waals surface area (Å²) in [4.78, 5) is 29.2. The smallest absolute Gasteiger partial charge is 0.277 e. The predicted molar refractivity (Wildman–Crippen MR) is 114 cm³/mol. The first kappa shape index (κ1) is 22.9. The number of carbonyl (C=O) groups excluding carboxylic acids is 2. The Hall–Kier alpha value is -2.34. The Labute approximate surface area is 174 Å². The Morgan fingerprint density at radius 3 is 2.24 bits per heavy atom. The van der Waals surface area contributed by atoms with Gasteiger partial charge in [0.05, 0.1) is 18.8 Å². The van der Waals surface area contributed by atoms with Crippen LogP contribution in [0.3, 0.4) is 0 Å². The van der Waals surface area contributed by atoms with Crippen molar-refractivity contribution in [3.05, 3.63) is 35.5 Å². The lowest BCUT2D eigenvalue weighted by Crippen LogP contribution is -2.35. The maximum absolute atomic E-state index is 13.1. The second-order valence-corrected chi connectivity index (χ2v) is 7.36. The Balaban J connectivity index is 2.19. The first-order valence-electron chi connectivity index (χ1n) is 10.7. The average molecular weight is 403 g/mol. The second-order valence-electron chi connectivity index (χ2n) is 7.36. The number of nitrogens with zero attached hydrogens (tertiary/aromatic N) is 2. The first-order chi connectivity index (χ1) is 14.0. The average Bonchev–Trinajstić information content (AvgIpc) is 2.96. The highest BCUT2D eigenvalue weighted by Gasteiger charge is 2.40. The molecule has 1 N–H and O–H groups in total. The molecule has 0 fully saturated rings. The molecular formula is C23H34N2O4. The molecule has 6 nitrogen and oxygen atoms in total. The van der Waals surface area contributed by atoms with Crippen molar-refractivity contribution in [1.29, 1.82) is 0 Å². The van der Waals surface area contributed by atoms with Crippen molar-refractivity contribution in [2.45, 2.75) is 52.4 Å². The van der Waals surface area contributed by atoms with Gasteiger partial charge in [0.15, 0.2) is 0 Å². The molecule has 0 spiro atoms. The summed E-state index contributed by atoms with van der Waals surface area (Å²) in [6.45, 7) is 5.30. The molecule has 1 aliphatic rings. The van der Waals surface area contributed by atoms with Crippen LogP contribution in [0.2, 0.25) is 0 Å². The third-order valence-corrected chi connectivity index (χ3v) is 5.15. The predicted octanol–water partition coefficient (Wildman–Crippen LogP) is 3.45. The largest absolute Gasteiger partial charge is 0.494 e. The zero-order valence-electron chi connectivity index (χ0n) is 17.9. The van der Waals surface area contributed by atoms with Gasteiger partial charge < -0.3 is 14.7 Å². The summed E-state index contributed by atoms with van der Waals surface area (Å²) in [5.41, 5.74) is 1.45. The molecule has 29 heavy (non-hydrogen) atoms. The molecule has 1 aliphatic heterocycles. The van der Waals surface area contributed by atoms with Crippen LogP contribution >= 0.6 is 0 Å². The molecule has 1 aromatic rings. The standard InChI is InChI=1S/C23H34N2O4/c1-4-6-7-8-9-10-15-25-22(27)20(21(23(25)28)24(3)16-17-26)18-11-13-19(14-12-18)29-5-2/h11-14,26H,4-10,15-17H2,1-3H3. The molecule has 1 heterocycles. The number of rotatable bonds is 13. The lowest BCUT2D eigenvalue weighted by molar-refractivity contribution is -0.137. The topological polar surface area (TPSA) is 70.1 Å². The number of benzene rings is 1. The van der Waals surface area contributed by atoms with Crippen molar-refractivity contribution in [1.82, 2.24) is 9.80 Å². The van der Waals surface area contributed by atoms with E-state index in [0.29, 0.717) is 36.5 Å². The minimum Gasteiger partial charge on any atom is -0.494 e. The molecule has 0 atom stereocenters. The van der Waals surface area contributed by atoms with Gasteiger partial charge in [-0.05, 0) is 31.0 Å². The van der Waals surface area contributed by atoms with Gasteiger partial charge in [0.2, 0.25) is 0 Å². The molecule has 2 rings (SSSR count). The number of aliphatic hydroxyl groups is 1. The molecule has 0 unspecified atom stereocenters. The number of imide groups is 1. The normalized spacial score (nSPS) is 14.1. The quantitative estimate of drug-likeness (QED) is 0.404. The Morgan fingerprint density at radius 1 is 0.966 bits per heavy atom. The fraction of sp³-hybridized carbons (Fsp3) is 0.565. The summed E-state index contributed by atoms with van der Waals surface area (Å²) in [6.07, 6.45) is 6.56. The number of unbranched alkanes of at least 4 members (excludes halogenated alkanes) is 5. The van der Waals surface area contributed by atoms with Crippen molar-refractivity contribution in [3.8, 4) is 5.75 Å². The number of aliphatic hydroxyl groups excluding tert-OH is 1. The molecule has 160 valence electrons. The van der Waals surface area contributed by atoms with Gasteiger partial charge in [0.25, 0.3) is 11.8 Å². The zero-order chi connectivity index (χ0) is 21.2. The van der Waals surface area contributed by atoms with E-state index in [1.54, 1.807) is 11.9 Å². The van der Waals surface area contributed by atoms with Crippen molar-refractivity contribution < 1.29 is 19.4 Å². The van der Waals surface area contributed by atoms with Gasteiger partial charge in [-0.3, -0.25) is 14.5 Å². The first-order valence-corrected chi connectivity index (χ1v) is 10.7. The summed E-state index contributed by atoms with van der Waals surface area (Å²) in [6, 6.07) is 7.24. The van der Waals surface area contributed by atoms with Crippen LogP contribution in [0, 0.1) is 0 Å². The summed E-state index contributed by atoms with van der Waals surface area (Å²) < 4.78 is 5.48. The third kappa shape index (κ3) is 5.82. The van der Waals surface area contributed by atoms with Crippen LogP contribution in [0.5, 0.6) is 5.75 Å². The summed E-state index contributed by atoms with van der Waals surface area (Å²) >= 11 is 0. The van der Waals surface area contributed by atoms with Crippen molar-refractivity contribution >= 4 is 17.4 Å². The molecule has 0 saturated carbocycles. The Bertz CT molecular complexity index is 712. The van der Waals surface area contributed by atoms with Crippen LogP contribution in [0.15, 0.2) is 30.0 Å². The van der Waals surface area contributed by atoms with Crippen LogP contribution in [0.25, 0.3) is 5.57 Å². The summed E-state index contributed by atoms with van der Waals surface area (Å²) in [7, 11) is 1.74. The van der Waals surface area contributed by atoms with Crippen LogP contribution in [0.4, 0.5) is 0 Å². The molecule has 1 aromatic carbocycles. The number of ether oxygens (including phenoxy) is 1. The van der Waals surface area contributed by atoms with Crippen molar-refractivity contribution in [2.24, 2.45) is 0 Å². The van der Waals surface area contributed by atoms with E-state index in [9.17, 15) is 14.7 Å². The molecule has 0 aliphatic carbocycles. The van der Waals surface area contributed by atoms with Gasteiger partial charge in [0.1, 0.15) is 11.4 Å². The molecule has 0 aromatic heterocycles. The number of hydrogen-bond acceptors (Lipinski definition) is 5. The summed E-state index contributed by atoms with van der Waals surface area (Å²) in [5.74, 6) is 0.193. The van der Waals surface area contributed by atoms with E-state index in [4.69, 9.17) is 4.74 Å². The maximum Gasteiger partial charge on any atom is 0.277 e. The van der Waals surface area contributed by atoms with Crippen LogP contribution in [-0.2, 0) is 9.59 Å². The molecule has 6 heteroatoms.